The minimum Gasteiger partial charge on any atom is -0.354 e. The van der Waals surface area contributed by atoms with Crippen LogP contribution in [-0.4, -0.2) is 26.6 Å². The number of nitrogens with one attached hydrogen (secondary N) is 1. The molecule has 1 N–H and O–H groups in total. The van der Waals surface area contributed by atoms with Crippen LogP contribution in [0.3, 0.4) is 0 Å². The zero-order valence-corrected chi connectivity index (χ0v) is 11.4. The molecule has 0 radical (unpaired) electrons. The molecule has 1 unspecified atom stereocenters. The first kappa shape index (κ1) is 14.2. The van der Waals surface area contributed by atoms with Crippen molar-refractivity contribution in [3.63, 3.8) is 0 Å². The minimum absolute atomic E-state index is 0.158. The molecule has 0 saturated carbocycles. The molecule has 1 atom stereocenters. The molecule has 96 valence electrons. The van der Waals surface area contributed by atoms with Crippen molar-refractivity contribution in [2.24, 2.45) is 0 Å². The van der Waals surface area contributed by atoms with Crippen LogP contribution in [0.5, 0.6) is 0 Å². The SMILES string of the molecule is COC(OC)C(C)NCc1ccc(C)cc1C. The van der Waals surface area contributed by atoms with Crippen LogP contribution in [0.2, 0.25) is 0 Å². The Bertz CT molecular complexity index is 348. The lowest BCUT2D eigenvalue weighted by atomic mass is 10.1. The summed E-state index contributed by atoms with van der Waals surface area (Å²) in [6.07, 6.45) is -0.208. The Kier molecular flexibility index (Phi) is 5.62. The molecule has 0 amide bonds. The van der Waals surface area contributed by atoms with Crippen molar-refractivity contribution in [2.45, 2.75) is 39.6 Å². The van der Waals surface area contributed by atoms with Gasteiger partial charge in [0, 0.05) is 20.8 Å². The Morgan fingerprint density at radius 3 is 2.35 bits per heavy atom. The van der Waals surface area contributed by atoms with Gasteiger partial charge in [0.25, 0.3) is 0 Å². The second kappa shape index (κ2) is 6.74. The first-order valence-electron chi connectivity index (χ1n) is 5.93. The highest BCUT2D eigenvalue weighted by Crippen LogP contribution is 2.11. The number of methoxy groups -OCH3 is 2. The molecule has 17 heavy (non-hydrogen) atoms. The Morgan fingerprint density at radius 1 is 1.18 bits per heavy atom. The summed E-state index contributed by atoms with van der Waals surface area (Å²) in [5, 5.41) is 3.41. The third kappa shape index (κ3) is 4.11. The van der Waals surface area contributed by atoms with Crippen LogP contribution in [0.25, 0.3) is 0 Å². The fraction of sp³-hybridized carbons (Fsp3) is 0.571. The maximum Gasteiger partial charge on any atom is 0.171 e. The second-order valence-corrected chi connectivity index (χ2v) is 4.44. The van der Waals surface area contributed by atoms with Gasteiger partial charge in [-0.15, -0.1) is 0 Å². The van der Waals surface area contributed by atoms with Crippen LogP contribution in [0.15, 0.2) is 18.2 Å². The lowest BCUT2D eigenvalue weighted by molar-refractivity contribution is -0.119. The maximum absolute atomic E-state index is 5.21. The van der Waals surface area contributed by atoms with Gasteiger partial charge in [0.2, 0.25) is 0 Å². The van der Waals surface area contributed by atoms with Crippen LogP contribution in [-0.2, 0) is 16.0 Å². The van der Waals surface area contributed by atoms with Gasteiger partial charge in [0.05, 0.1) is 6.04 Å². The van der Waals surface area contributed by atoms with Crippen molar-refractivity contribution in [3.05, 3.63) is 34.9 Å². The third-order valence-electron chi connectivity index (χ3n) is 2.99. The Morgan fingerprint density at radius 2 is 1.82 bits per heavy atom. The summed E-state index contributed by atoms with van der Waals surface area (Å²) in [4.78, 5) is 0. The molecule has 1 rings (SSSR count). The number of hydrogen-bond donors (Lipinski definition) is 1. The Hall–Kier alpha value is -0.900. The van der Waals surface area contributed by atoms with Gasteiger partial charge < -0.3 is 14.8 Å². The van der Waals surface area contributed by atoms with Gasteiger partial charge in [-0.05, 0) is 31.9 Å². The summed E-state index contributed by atoms with van der Waals surface area (Å²) < 4.78 is 10.4. The normalized spacial score (nSPS) is 13.1. The largest absolute Gasteiger partial charge is 0.354 e. The minimum atomic E-state index is -0.208. The highest BCUT2D eigenvalue weighted by atomic mass is 16.7. The molecule has 0 aromatic heterocycles. The van der Waals surface area contributed by atoms with Crippen molar-refractivity contribution in [3.8, 4) is 0 Å². The van der Waals surface area contributed by atoms with E-state index >= 15 is 0 Å². The summed E-state index contributed by atoms with van der Waals surface area (Å²) in [7, 11) is 3.31. The molecule has 0 aliphatic carbocycles. The molecular weight excluding hydrogens is 214 g/mol. The number of rotatable bonds is 6. The summed E-state index contributed by atoms with van der Waals surface area (Å²) in [6.45, 7) is 7.13. The molecule has 3 heteroatoms. The van der Waals surface area contributed by atoms with E-state index in [1.807, 2.05) is 0 Å². The van der Waals surface area contributed by atoms with E-state index in [2.05, 4.69) is 44.3 Å². The van der Waals surface area contributed by atoms with E-state index in [0.717, 1.165) is 6.54 Å². The van der Waals surface area contributed by atoms with Gasteiger partial charge in [0.15, 0.2) is 6.29 Å². The smallest absolute Gasteiger partial charge is 0.171 e. The number of aryl methyl sites for hydroxylation is 2. The molecule has 0 saturated heterocycles. The molecule has 0 aliphatic rings. The van der Waals surface area contributed by atoms with Crippen molar-refractivity contribution < 1.29 is 9.47 Å². The van der Waals surface area contributed by atoms with Gasteiger partial charge in [-0.25, -0.2) is 0 Å². The first-order chi connectivity index (χ1) is 8.08. The maximum atomic E-state index is 5.21. The van der Waals surface area contributed by atoms with Crippen LogP contribution < -0.4 is 5.32 Å². The fourth-order valence-corrected chi connectivity index (χ4v) is 1.92. The highest BCUT2D eigenvalue weighted by molar-refractivity contribution is 5.30. The summed E-state index contributed by atoms with van der Waals surface area (Å²) in [5.74, 6) is 0. The van der Waals surface area contributed by atoms with Crippen LogP contribution in [0.1, 0.15) is 23.6 Å². The molecular formula is C14H23NO2. The van der Waals surface area contributed by atoms with E-state index in [0.29, 0.717) is 0 Å². The van der Waals surface area contributed by atoms with Crippen LogP contribution >= 0.6 is 0 Å². The quantitative estimate of drug-likeness (QED) is 0.771. The fourth-order valence-electron chi connectivity index (χ4n) is 1.92. The molecule has 0 heterocycles. The molecule has 0 bridgehead atoms. The Labute approximate surface area is 104 Å². The molecule has 0 spiro atoms. The van der Waals surface area contributed by atoms with E-state index in [4.69, 9.17) is 9.47 Å². The van der Waals surface area contributed by atoms with Crippen molar-refractivity contribution in [1.82, 2.24) is 5.32 Å². The molecule has 0 aliphatic heterocycles. The molecule has 3 nitrogen and oxygen atoms in total. The van der Waals surface area contributed by atoms with Crippen LogP contribution in [0.4, 0.5) is 0 Å². The molecule has 1 aromatic rings. The Balaban J connectivity index is 2.55. The average Bonchev–Trinajstić information content (AvgIpc) is 2.29. The van der Waals surface area contributed by atoms with Crippen molar-refractivity contribution >= 4 is 0 Å². The number of benzene rings is 1. The standard InChI is InChI=1S/C14H23NO2/c1-10-6-7-13(11(2)8-10)9-15-12(3)14(16-4)17-5/h6-8,12,14-15H,9H2,1-5H3. The number of hydrogen-bond acceptors (Lipinski definition) is 3. The monoisotopic (exact) mass is 237 g/mol. The van der Waals surface area contributed by atoms with Gasteiger partial charge in [-0.3, -0.25) is 0 Å². The van der Waals surface area contributed by atoms with E-state index in [1.54, 1.807) is 14.2 Å². The van der Waals surface area contributed by atoms with Gasteiger partial charge in [0.1, 0.15) is 0 Å². The predicted molar refractivity (Wildman–Crippen MR) is 70.0 cm³/mol. The van der Waals surface area contributed by atoms with E-state index in [9.17, 15) is 0 Å². The van der Waals surface area contributed by atoms with Crippen LogP contribution in [0, 0.1) is 13.8 Å². The highest BCUT2D eigenvalue weighted by Gasteiger charge is 2.14. The summed E-state index contributed by atoms with van der Waals surface area (Å²) in [5.41, 5.74) is 3.93. The zero-order chi connectivity index (χ0) is 12.8. The van der Waals surface area contributed by atoms with Crippen molar-refractivity contribution in [1.29, 1.82) is 0 Å². The molecule has 0 fully saturated rings. The van der Waals surface area contributed by atoms with E-state index < -0.39 is 0 Å². The number of ether oxygens (including phenoxy) is 2. The van der Waals surface area contributed by atoms with E-state index in [-0.39, 0.29) is 12.3 Å². The first-order valence-corrected chi connectivity index (χ1v) is 5.93. The molecule has 1 aromatic carbocycles. The topological polar surface area (TPSA) is 30.5 Å². The van der Waals surface area contributed by atoms with Gasteiger partial charge in [-0.2, -0.15) is 0 Å². The van der Waals surface area contributed by atoms with Gasteiger partial charge >= 0.3 is 0 Å². The zero-order valence-electron chi connectivity index (χ0n) is 11.4. The summed E-state index contributed by atoms with van der Waals surface area (Å²) >= 11 is 0. The third-order valence-corrected chi connectivity index (χ3v) is 2.99. The predicted octanol–water partition coefficient (Wildman–Crippen LogP) is 2.40. The van der Waals surface area contributed by atoms with Gasteiger partial charge in [-0.1, -0.05) is 23.8 Å². The van der Waals surface area contributed by atoms with Crippen molar-refractivity contribution in [2.75, 3.05) is 14.2 Å². The summed E-state index contributed by atoms with van der Waals surface area (Å²) in [6, 6.07) is 6.66. The lowest BCUT2D eigenvalue weighted by Crippen LogP contribution is -2.39. The second-order valence-electron chi connectivity index (χ2n) is 4.44. The lowest BCUT2D eigenvalue weighted by Gasteiger charge is -2.22. The average molecular weight is 237 g/mol. The van der Waals surface area contributed by atoms with E-state index in [1.165, 1.54) is 16.7 Å².